The van der Waals surface area contributed by atoms with Gasteiger partial charge in [0.2, 0.25) is 0 Å². The van der Waals surface area contributed by atoms with Crippen molar-refractivity contribution in [1.82, 2.24) is 4.98 Å². The summed E-state index contributed by atoms with van der Waals surface area (Å²) in [5.41, 5.74) is 4.50. The Bertz CT molecular complexity index is 574. The van der Waals surface area contributed by atoms with Gasteiger partial charge in [-0.15, -0.1) is 0 Å². The van der Waals surface area contributed by atoms with Gasteiger partial charge >= 0.3 is 5.97 Å². The fourth-order valence-corrected chi connectivity index (χ4v) is 1.79. The highest BCUT2D eigenvalue weighted by atomic mass is 16.5. The summed E-state index contributed by atoms with van der Waals surface area (Å²) in [6.07, 6.45) is 1.70. The molecule has 0 unspecified atom stereocenters. The molecule has 3 heteroatoms. The number of aromatic nitrogens is 1. The predicted octanol–water partition coefficient (Wildman–Crippen LogP) is 3.15. The van der Waals surface area contributed by atoms with Crippen molar-refractivity contribution in [1.29, 1.82) is 0 Å². The summed E-state index contributed by atoms with van der Waals surface area (Å²) >= 11 is 0. The van der Waals surface area contributed by atoms with Gasteiger partial charge in [-0.2, -0.15) is 0 Å². The molecule has 0 saturated heterocycles. The zero-order valence-corrected chi connectivity index (χ0v) is 10.7. The molecule has 1 aromatic heterocycles. The molecule has 0 N–H and O–H groups in total. The summed E-state index contributed by atoms with van der Waals surface area (Å²) in [6.45, 7) is 3.91. The highest BCUT2D eigenvalue weighted by Gasteiger charge is 2.11. The first-order valence-electron chi connectivity index (χ1n) is 5.74. The van der Waals surface area contributed by atoms with Crippen LogP contribution in [-0.4, -0.2) is 18.1 Å². The quantitative estimate of drug-likeness (QED) is 0.758. The van der Waals surface area contributed by atoms with Crippen LogP contribution in [0, 0.1) is 13.8 Å². The smallest absolute Gasteiger partial charge is 0.356 e. The molecular weight excluding hydrogens is 226 g/mol. The molecule has 2 rings (SSSR count). The van der Waals surface area contributed by atoms with Gasteiger partial charge in [-0.25, -0.2) is 9.78 Å². The maximum Gasteiger partial charge on any atom is 0.356 e. The third kappa shape index (κ3) is 2.40. The number of nitrogens with zero attached hydrogens (tertiary/aromatic N) is 1. The van der Waals surface area contributed by atoms with Crippen LogP contribution in [0.2, 0.25) is 0 Å². The number of carbonyl (C=O) groups is 1. The highest BCUT2D eigenvalue weighted by molar-refractivity contribution is 5.89. The second-order valence-corrected chi connectivity index (χ2v) is 4.25. The van der Waals surface area contributed by atoms with Crippen LogP contribution in [0.5, 0.6) is 0 Å². The van der Waals surface area contributed by atoms with E-state index in [1.165, 1.54) is 12.7 Å². The van der Waals surface area contributed by atoms with Gasteiger partial charge in [0.05, 0.1) is 7.11 Å². The molecule has 1 heterocycles. The van der Waals surface area contributed by atoms with Crippen LogP contribution in [0.3, 0.4) is 0 Å². The minimum absolute atomic E-state index is 0.369. The monoisotopic (exact) mass is 241 g/mol. The summed E-state index contributed by atoms with van der Waals surface area (Å²) in [7, 11) is 1.36. The SMILES string of the molecule is COC(=O)c1ncc(-c2ccc(C)cc2)cc1C. The lowest BCUT2D eigenvalue weighted by atomic mass is 10.0. The minimum Gasteiger partial charge on any atom is -0.464 e. The highest BCUT2D eigenvalue weighted by Crippen LogP contribution is 2.21. The van der Waals surface area contributed by atoms with E-state index in [1.807, 2.05) is 32.0 Å². The molecule has 0 aliphatic carbocycles. The Morgan fingerprint density at radius 3 is 2.33 bits per heavy atom. The Labute approximate surface area is 106 Å². The normalized spacial score (nSPS) is 10.2. The van der Waals surface area contributed by atoms with Crippen LogP contribution in [-0.2, 0) is 4.74 Å². The molecule has 18 heavy (non-hydrogen) atoms. The van der Waals surface area contributed by atoms with Gasteiger partial charge in [0.25, 0.3) is 0 Å². The zero-order chi connectivity index (χ0) is 13.1. The van der Waals surface area contributed by atoms with Crippen molar-refractivity contribution in [3.63, 3.8) is 0 Å². The van der Waals surface area contributed by atoms with Crippen molar-refractivity contribution < 1.29 is 9.53 Å². The van der Waals surface area contributed by atoms with Crippen LogP contribution in [0.15, 0.2) is 36.5 Å². The number of hydrogen-bond acceptors (Lipinski definition) is 3. The lowest BCUT2D eigenvalue weighted by Crippen LogP contribution is -2.06. The first kappa shape index (κ1) is 12.3. The van der Waals surface area contributed by atoms with Gasteiger partial charge in [-0.1, -0.05) is 29.8 Å². The summed E-state index contributed by atoms with van der Waals surface area (Å²) < 4.78 is 4.68. The molecule has 0 aliphatic rings. The largest absolute Gasteiger partial charge is 0.464 e. The van der Waals surface area contributed by atoms with E-state index in [-0.39, 0.29) is 0 Å². The molecule has 2 aromatic rings. The molecule has 0 spiro atoms. The van der Waals surface area contributed by atoms with Gasteiger partial charge in [-0.3, -0.25) is 0 Å². The number of pyridine rings is 1. The Morgan fingerprint density at radius 2 is 1.78 bits per heavy atom. The van der Waals surface area contributed by atoms with Gasteiger partial charge in [0, 0.05) is 11.8 Å². The number of benzene rings is 1. The molecule has 0 bridgehead atoms. The molecule has 0 aliphatic heterocycles. The van der Waals surface area contributed by atoms with Gasteiger partial charge in [-0.05, 0) is 31.0 Å². The van der Waals surface area contributed by atoms with Crippen LogP contribution in [0.1, 0.15) is 21.6 Å². The topological polar surface area (TPSA) is 39.2 Å². The van der Waals surface area contributed by atoms with E-state index in [4.69, 9.17) is 0 Å². The summed E-state index contributed by atoms with van der Waals surface area (Å²) in [4.78, 5) is 15.6. The molecule has 0 saturated carbocycles. The zero-order valence-electron chi connectivity index (χ0n) is 10.7. The van der Waals surface area contributed by atoms with E-state index in [0.29, 0.717) is 5.69 Å². The molecule has 92 valence electrons. The van der Waals surface area contributed by atoms with Crippen molar-refractivity contribution in [2.24, 2.45) is 0 Å². The summed E-state index contributed by atoms with van der Waals surface area (Å²) in [5, 5.41) is 0. The fraction of sp³-hybridized carbons (Fsp3) is 0.200. The first-order valence-corrected chi connectivity index (χ1v) is 5.74. The summed E-state index contributed by atoms with van der Waals surface area (Å²) in [6, 6.07) is 10.1. The molecule has 1 aromatic carbocycles. The number of rotatable bonds is 2. The van der Waals surface area contributed by atoms with Gasteiger partial charge in [0.1, 0.15) is 0 Å². The molecular formula is C15H15NO2. The van der Waals surface area contributed by atoms with E-state index in [9.17, 15) is 4.79 Å². The van der Waals surface area contributed by atoms with Crippen molar-refractivity contribution in [2.45, 2.75) is 13.8 Å². The Balaban J connectivity index is 2.40. The average Bonchev–Trinajstić information content (AvgIpc) is 2.38. The van der Waals surface area contributed by atoms with Gasteiger partial charge in [0.15, 0.2) is 5.69 Å². The van der Waals surface area contributed by atoms with Crippen LogP contribution >= 0.6 is 0 Å². The predicted molar refractivity (Wildman–Crippen MR) is 70.5 cm³/mol. The van der Waals surface area contributed by atoms with Gasteiger partial charge < -0.3 is 4.74 Å². The standard InChI is InChI=1S/C15H15NO2/c1-10-4-6-12(7-5-10)13-8-11(2)14(16-9-13)15(17)18-3/h4-9H,1-3H3. The average molecular weight is 241 g/mol. The summed E-state index contributed by atoms with van der Waals surface area (Å²) in [5.74, 6) is -0.400. The molecule has 0 atom stereocenters. The lowest BCUT2D eigenvalue weighted by Gasteiger charge is -2.06. The van der Waals surface area contributed by atoms with E-state index in [0.717, 1.165) is 16.7 Å². The number of ether oxygens (including phenoxy) is 1. The number of methoxy groups -OCH3 is 1. The minimum atomic E-state index is -0.400. The second kappa shape index (κ2) is 5.00. The van der Waals surface area contributed by atoms with Crippen molar-refractivity contribution in [3.8, 4) is 11.1 Å². The number of carbonyl (C=O) groups excluding carboxylic acids is 1. The third-order valence-electron chi connectivity index (χ3n) is 2.84. The number of hydrogen-bond donors (Lipinski definition) is 0. The van der Waals surface area contributed by atoms with Crippen molar-refractivity contribution in [2.75, 3.05) is 7.11 Å². The Kier molecular flexibility index (Phi) is 3.42. The maximum absolute atomic E-state index is 11.4. The fourth-order valence-electron chi connectivity index (χ4n) is 1.79. The third-order valence-corrected chi connectivity index (χ3v) is 2.84. The Morgan fingerprint density at radius 1 is 1.11 bits per heavy atom. The van der Waals surface area contributed by atoms with Crippen molar-refractivity contribution >= 4 is 5.97 Å². The van der Waals surface area contributed by atoms with Crippen LogP contribution < -0.4 is 0 Å². The van der Waals surface area contributed by atoms with E-state index in [2.05, 4.69) is 21.9 Å². The first-order chi connectivity index (χ1) is 8.61. The molecule has 0 radical (unpaired) electrons. The second-order valence-electron chi connectivity index (χ2n) is 4.25. The molecule has 3 nitrogen and oxygen atoms in total. The number of aryl methyl sites for hydroxylation is 2. The number of esters is 1. The molecule has 0 fully saturated rings. The Hall–Kier alpha value is -2.16. The maximum atomic E-state index is 11.4. The lowest BCUT2D eigenvalue weighted by molar-refractivity contribution is 0.0593. The van der Waals surface area contributed by atoms with E-state index in [1.54, 1.807) is 6.20 Å². The van der Waals surface area contributed by atoms with Crippen LogP contribution in [0.4, 0.5) is 0 Å². The molecule has 0 amide bonds. The van der Waals surface area contributed by atoms with Crippen molar-refractivity contribution in [3.05, 3.63) is 53.3 Å². The van der Waals surface area contributed by atoms with E-state index < -0.39 is 5.97 Å². The van der Waals surface area contributed by atoms with E-state index >= 15 is 0 Å². The van der Waals surface area contributed by atoms with Crippen LogP contribution in [0.25, 0.3) is 11.1 Å².